The molecule has 1 aliphatic heterocycles. The highest BCUT2D eigenvalue weighted by atomic mass is 19.1. The minimum atomic E-state index is -0.823. The van der Waals surface area contributed by atoms with Crippen LogP contribution >= 0.6 is 0 Å². The minimum absolute atomic E-state index is 0.149. The SMILES string of the molecule is CNCCC1CN(Cc2ccc(F)cc2)C(=O)c2c(OC(C)=O)c(=O)n(C(C)C)c(=O)n21. The smallest absolute Gasteiger partial charge is 0.332 e. The van der Waals surface area contributed by atoms with Gasteiger partial charge in [-0.3, -0.25) is 23.5 Å². The Labute approximate surface area is 184 Å². The molecule has 2 aromatic rings. The number of benzene rings is 1. The van der Waals surface area contributed by atoms with Crippen LogP contribution in [0.2, 0.25) is 0 Å². The van der Waals surface area contributed by atoms with Gasteiger partial charge in [0.2, 0.25) is 5.75 Å². The molecular weight excluding hydrogens is 419 g/mol. The maximum Gasteiger partial charge on any atom is 0.332 e. The van der Waals surface area contributed by atoms with Gasteiger partial charge >= 0.3 is 11.7 Å². The summed E-state index contributed by atoms with van der Waals surface area (Å²) in [4.78, 5) is 53.0. The Balaban J connectivity index is 2.21. The molecule has 172 valence electrons. The normalized spacial score (nSPS) is 15.8. The Bertz CT molecular complexity index is 1140. The molecule has 0 bridgehead atoms. The molecule has 10 heteroatoms. The largest absolute Gasteiger partial charge is 0.418 e. The van der Waals surface area contributed by atoms with Crippen LogP contribution in [0.4, 0.5) is 4.39 Å². The molecule has 1 N–H and O–H groups in total. The number of carbonyl (C=O) groups is 2. The van der Waals surface area contributed by atoms with Gasteiger partial charge < -0.3 is 15.0 Å². The molecule has 1 atom stereocenters. The van der Waals surface area contributed by atoms with E-state index < -0.39 is 46.8 Å². The second kappa shape index (κ2) is 9.47. The van der Waals surface area contributed by atoms with Gasteiger partial charge in [-0.05, 0) is 51.6 Å². The van der Waals surface area contributed by atoms with Crippen molar-refractivity contribution in [3.63, 3.8) is 0 Å². The molecule has 0 saturated carbocycles. The monoisotopic (exact) mass is 446 g/mol. The Morgan fingerprint density at radius 3 is 2.44 bits per heavy atom. The molecular formula is C22H27FN4O5. The number of fused-ring (bicyclic) bond motifs is 1. The molecule has 0 saturated heterocycles. The van der Waals surface area contributed by atoms with Crippen molar-refractivity contribution in [2.24, 2.45) is 0 Å². The summed E-state index contributed by atoms with van der Waals surface area (Å²) in [6, 6.07) is 4.77. The zero-order valence-electron chi connectivity index (χ0n) is 18.6. The summed E-state index contributed by atoms with van der Waals surface area (Å²) in [5.74, 6) is -2.21. The number of ether oxygens (including phenoxy) is 1. The number of aromatic nitrogens is 2. The van der Waals surface area contributed by atoms with Crippen molar-refractivity contribution >= 4 is 11.9 Å². The van der Waals surface area contributed by atoms with Gasteiger partial charge in [-0.15, -0.1) is 0 Å². The predicted molar refractivity (Wildman–Crippen MR) is 115 cm³/mol. The van der Waals surface area contributed by atoms with Crippen molar-refractivity contribution < 1.29 is 18.7 Å². The molecule has 1 amide bonds. The molecule has 0 fully saturated rings. The maximum atomic E-state index is 13.4. The van der Waals surface area contributed by atoms with Crippen LogP contribution in [0.25, 0.3) is 0 Å². The van der Waals surface area contributed by atoms with Crippen LogP contribution in [-0.4, -0.2) is 46.0 Å². The van der Waals surface area contributed by atoms with Gasteiger partial charge in [-0.2, -0.15) is 0 Å². The number of nitrogens with one attached hydrogen (secondary N) is 1. The fourth-order valence-electron chi connectivity index (χ4n) is 3.90. The van der Waals surface area contributed by atoms with Crippen LogP contribution < -0.4 is 21.3 Å². The van der Waals surface area contributed by atoms with Crippen molar-refractivity contribution in [3.8, 4) is 5.75 Å². The highest BCUT2D eigenvalue weighted by Crippen LogP contribution is 2.28. The van der Waals surface area contributed by atoms with E-state index in [2.05, 4.69) is 5.32 Å². The molecule has 1 aromatic carbocycles. The predicted octanol–water partition coefficient (Wildman–Crippen LogP) is 1.46. The first-order valence-corrected chi connectivity index (χ1v) is 10.4. The first kappa shape index (κ1) is 23.4. The van der Waals surface area contributed by atoms with Crippen molar-refractivity contribution in [2.45, 2.75) is 45.8 Å². The average molecular weight is 446 g/mol. The van der Waals surface area contributed by atoms with E-state index in [1.807, 2.05) is 0 Å². The number of nitrogens with zero attached hydrogens (tertiary/aromatic N) is 3. The summed E-state index contributed by atoms with van der Waals surface area (Å²) in [6.45, 7) is 5.38. The third kappa shape index (κ3) is 4.50. The molecule has 1 aliphatic rings. The number of hydrogen-bond donors (Lipinski definition) is 1. The quantitative estimate of drug-likeness (QED) is 0.646. The number of rotatable bonds is 7. The van der Waals surface area contributed by atoms with Crippen LogP contribution in [0.15, 0.2) is 33.9 Å². The van der Waals surface area contributed by atoms with Gasteiger partial charge in [0.15, 0.2) is 5.69 Å². The number of hydrogen-bond acceptors (Lipinski definition) is 6. The van der Waals surface area contributed by atoms with Gasteiger partial charge in [0.25, 0.3) is 11.5 Å². The molecule has 9 nitrogen and oxygen atoms in total. The van der Waals surface area contributed by atoms with Crippen LogP contribution in [-0.2, 0) is 11.3 Å². The first-order chi connectivity index (χ1) is 15.1. The molecule has 0 aliphatic carbocycles. The van der Waals surface area contributed by atoms with E-state index in [1.165, 1.54) is 21.6 Å². The topological polar surface area (TPSA) is 103 Å². The van der Waals surface area contributed by atoms with Crippen LogP contribution in [0.3, 0.4) is 0 Å². The van der Waals surface area contributed by atoms with Gasteiger partial charge in [0, 0.05) is 26.1 Å². The highest BCUT2D eigenvalue weighted by Gasteiger charge is 2.38. The zero-order chi connectivity index (χ0) is 23.6. The number of halogens is 1. The maximum absolute atomic E-state index is 13.4. The lowest BCUT2D eigenvalue weighted by atomic mass is 10.1. The third-order valence-electron chi connectivity index (χ3n) is 5.34. The molecule has 0 spiro atoms. The summed E-state index contributed by atoms with van der Waals surface area (Å²) >= 11 is 0. The second-order valence-electron chi connectivity index (χ2n) is 8.05. The summed E-state index contributed by atoms with van der Waals surface area (Å²) in [5.41, 5.74) is -0.989. The average Bonchev–Trinajstić information content (AvgIpc) is 2.72. The number of carbonyl (C=O) groups excluding carboxylic acids is 2. The Hall–Kier alpha value is -3.27. The van der Waals surface area contributed by atoms with E-state index >= 15 is 0 Å². The summed E-state index contributed by atoms with van der Waals surface area (Å²) < 4.78 is 20.8. The molecule has 2 heterocycles. The van der Waals surface area contributed by atoms with Crippen LogP contribution in [0, 0.1) is 5.82 Å². The van der Waals surface area contributed by atoms with Crippen molar-refractivity contribution in [1.29, 1.82) is 0 Å². The lowest BCUT2D eigenvalue weighted by Gasteiger charge is -2.36. The molecule has 1 aromatic heterocycles. The van der Waals surface area contributed by atoms with Gasteiger partial charge in [0.05, 0.1) is 6.04 Å². The van der Waals surface area contributed by atoms with Gasteiger partial charge in [0.1, 0.15) is 5.82 Å². The fraction of sp³-hybridized carbons (Fsp3) is 0.455. The van der Waals surface area contributed by atoms with E-state index in [-0.39, 0.29) is 18.8 Å². The van der Waals surface area contributed by atoms with Crippen LogP contribution in [0.5, 0.6) is 5.75 Å². The Morgan fingerprint density at radius 1 is 1.22 bits per heavy atom. The molecule has 1 unspecified atom stereocenters. The lowest BCUT2D eigenvalue weighted by Crippen LogP contribution is -2.53. The van der Waals surface area contributed by atoms with Gasteiger partial charge in [-0.1, -0.05) is 12.1 Å². The van der Waals surface area contributed by atoms with E-state index in [0.717, 1.165) is 11.5 Å². The standard InChI is InChI=1S/C22H27FN4O5/c1-13(2)26-21(30)19(32-14(3)28)18-20(29)25(11-15-5-7-16(23)8-6-15)12-17(9-10-24-4)27(18)22(26)31/h5-8,13,17,24H,9-12H2,1-4H3. The first-order valence-electron chi connectivity index (χ1n) is 10.4. The van der Waals surface area contributed by atoms with E-state index in [4.69, 9.17) is 4.74 Å². The lowest BCUT2D eigenvalue weighted by molar-refractivity contribution is -0.132. The summed E-state index contributed by atoms with van der Waals surface area (Å²) in [6.07, 6.45) is 0.492. The van der Waals surface area contributed by atoms with Crippen molar-refractivity contribution in [2.75, 3.05) is 20.1 Å². The summed E-state index contributed by atoms with van der Waals surface area (Å²) in [5, 5.41) is 3.03. The highest BCUT2D eigenvalue weighted by molar-refractivity contribution is 5.96. The molecule has 3 rings (SSSR count). The van der Waals surface area contributed by atoms with Crippen molar-refractivity contribution in [1.82, 2.24) is 19.4 Å². The van der Waals surface area contributed by atoms with Gasteiger partial charge in [-0.25, -0.2) is 9.18 Å². The Kier molecular flexibility index (Phi) is 6.93. The minimum Gasteiger partial charge on any atom is -0.418 e. The van der Waals surface area contributed by atoms with E-state index in [1.54, 1.807) is 33.0 Å². The van der Waals surface area contributed by atoms with E-state index in [0.29, 0.717) is 18.5 Å². The molecule has 32 heavy (non-hydrogen) atoms. The number of esters is 1. The third-order valence-corrected chi connectivity index (χ3v) is 5.34. The second-order valence-corrected chi connectivity index (χ2v) is 8.05. The van der Waals surface area contributed by atoms with Crippen molar-refractivity contribution in [3.05, 3.63) is 62.2 Å². The Morgan fingerprint density at radius 2 is 1.88 bits per heavy atom. The van der Waals surface area contributed by atoms with Crippen LogP contribution in [0.1, 0.15) is 55.3 Å². The fourth-order valence-corrected chi connectivity index (χ4v) is 3.90. The van der Waals surface area contributed by atoms with E-state index in [9.17, 15) is 23.6 Å². The zero-order valence-corrected chi connectivity index (χ0v) is 18.6. The molecule has 0 radical (unpaired) electrons. The number of amides is 1. The summed E-state index contributed by atoms with van der Waals surface area (Å²) in [7, 11) is 1.77.